The molecule has 1 amide bonds. The minimum Gasteiger partial charge on any atom is -0.459 e. The van der Waals surface area contributed by atoms with E-state index in [-0.39, 0.29) is 5.91 Å². The quantitative estimate of drug-likeness (QED) is 0.828. The van der Waals surface area contributed by atoms with Crippen molar-refractivity contribution in [2.75, 3.05) is 25.9 Å². The van der Waals surface area contributed by atoms with E-state index in [0.717, 1.165) is 31.2 Å². The maximum atomic E-state index is 12.6. The second kappa shape index (κ2) is 5.38. The Labute approximate surface area is 131 Å². The number of likely N-dealkylation sites (tertiary alicyclic amines) is 1. The molecular weight excluding hydrogens is 304 g/mol. The molecule has 2 saturated heterocycles. The molecule has 0 N–H and O–H groups in total. The van der Waals surface area contributed by atoms with Crippen molar-refractivity contribution in [2.45, 2.75) is 38.1 Å². The highest BCUT2D eigenvalue weighted by Crippen LogP contribution is 2.39. The van der Waals surface area contributed by atoms with Crippen LogP contribution in [0.15, 0.2) is 16.7 Å². The highest BCUT2D eigenvalue weighted by atomic mass is 32.2. The van der Waals surface area contributed by atoms with Gasteiger partial charge in [0.15, 0.2) is 5.76 Å². The van der Waals surface area contributed by atoms with Crippen molar-refractivity contribution in [3.05, 3.63) is 23.7 Å². The summed E-state index contributed by atoms with van der Waals surface area (Å²) < 4.78 is 31.0. The Bertz CT molecular complexity index is 681. The fourth-order valence-electron chi connectivity index (χ4n) is 3.86. The van der Waals surface area contributed by atoms with Crippen molar-refractivity contribution in [2.24, 2.45) is 0 Å². The van der Waals surface area contributed by atoms with Crippen LogP contribution in [0.3, 0.4) is 0 Å². The Morgan fingerprint density at radius 2 is 1.95 bits per heavy atom. The molecule has 0 aliphatic carbocycles. The SMILES string of the molecule is Cc1ccoc1C(=O)N1CCC[C@@]2(CCCN2S(C)(=O)=O)C1. The number of furan rings is 1. The predicted octanol–water partition coefficient (Wildman–Crippen LogP) is 1.62. The molecule has 1 atom stereocenters. The lowest BCUT2D eigenvalue weighted by Crippen LogP contribution is -2.58. The number of hydrogen-bond acceptors (Lipinski definition) is 4. The van der Waals surface area contributed by atoms with E-state index in [1.54, 1.807) is 15.3 Å². The Morgan fingerprint density at radius 3 is 2.55 bits per heavy atom. The summed E-state index contributed by atoms with van der Waals surface area (Å²) in [5, 5.41) is 0. The van der Waals surface area contributed by atoms with E-state index in [0.29, 0.717) is 25.4 Å². The summed E-state index contributed by atoms with van der Waals surface area (Å²) in [5.41, 5.74) is 0.387. The molecule has 2 aliphatic rings. The standard InChI is InChI=1S/C15H22N2O4S/c1-12-5-10-21-13(12)14(18)16-8-3-6-15(11-16)7-4-9-17(15)22(2,19)20/h5,10H,3-4,6-9,11H2,1-2H3/t15-/m1/s1. The smallest absolute Gasteiger partial charge is 0.289 e. The number of carbonyl (C=O) groups excluding carboxylic acids is 1. The molecule has 1 spiro atoms. The van der Waals surface area contributed by atoms with E-state index in [9.17, 15) is 13.2 Å². The van der Waals surface area contributed by atoms with Crippen LogP contribution >= 0.6 is 0 Å². The van der Waals surface area contributed by atoms with Gasteiger partial charge in [0, 0.05) is 25.2 Å². The van der Waals surface area contributed by atoms with E-state index in [1.807, 2.05) is 6.92 Å². The maximum absolute atomic E-state index is 12.6. The number of nitrogens with zero attached hydrogens (tertiary/aromatic N) is 2. The molecule has 122 valence electrons. The van der Waals surface area contributed by atoms with Crippen LogP contribution in [-0.4, -0.2) is 55.0 Å². The van der Waals surface area contributed by atoms with Crippen molar-refractivity contribution in [3.8, 4) is 0 Å². The first-order valence-electron chi connectivity index (χ1n) is 7.65. The lowest BCUT2D eigenvalue weighted by atomic mass is 9.87. The number of amides is 1. The van der Waals surface area contributed by atoms with E-state index in [4.69, 9.17) is 4.42 Å². The maximum Gasteiger partial charge on any atom is 0.289 e. The normalized spacial score (nSPS) is 26.7. The largest absolute Gasteiger partial charge is 0.459 e. The summed E-state index contributed by atoms with van der Waals surface area (Å²) in [6.45, 7) is 3.51. The van der Waals surface area contributed by atoms with Crippen molar-refractivity contribution in [1.29, 1.82) is 0 Å². The van der Waals surface area contributed by atoms with E-state index in [1.165, 1.54) is 12.5 Å². The number of rotatable bonds is 2. The van der Waals surface area contributed by atoms with E-state index >= 15 is 0 Å². The Balaban J connectivity index is 1.85. The molecule has 1 aromatic rings. The molecule has 0 unspecified atom stereocenters. The van der Waals surface area contributed by atoms with Crippen LogP contribution in [0, 0.1) is 6.92 Å². The molecule has 3 heterocycles. The molecule has 2 fully saturated rings. The third kappa shape index (κ3) is 2.56. The summed E-state index contributed by atoms with van der Waals surface area (Å²) in [4.78, 5) is 14.4. The summed E-state index contributed by atoms with van der Waals surface area (Å²) in [6.07, 6.45) is 6.09. The lowest BCUT2D eigenvalue weighted by Gasteiger charge is -2.44. The van der Waals surface area contributed by atoms with Gasteiger partial charge in [-0.2, -0.15) is 4.31 Å². The van der Waals surface area contributed by atoms with Gasteiger partial charge in [-0.25, -0.2) is 8.42 Å². The number of sulfonamides is 1. The second-order valence-corrected chi connectivity index (χ2v) is 8.33. The molecule has 0 radical (unpaired) electrons. The molecule has 0 aromatic carbocycles. The number of aryl methyl sites for hydroxylation is 1. The molecule has 0 saturated carbocycles. The lowest BCUT2D eigenvalue weighted by molar-refractivity contribution is 0.0495. The van der Waals surface area contributed by atoms with Gasteiger partial charge < -0.3 is 9.32 Å². The summed E-state index contributed by atoms with van der Waals surface area (Å²) in [5.74, 6) is 0.225. The molecule has 3 rings (SSSR count). The predicted molar refractivity (Wildman–Crippen MR) is 82.1 cm³/mol. The first-order chi connectivity index (χ1) is 10.3. The van der Waals surface area contributed by atoms with Crippen LogP contribution in [0.25, 0.3) is 0 Å². The monoisotopic (exact) mass is 326 g/mol. The van der Waals surface area contributed by atoms with Crippen molar-refractivity contribution in [3.63, 3.8) is 0 Å². The van der Waals surface area contributed by atoms with Crippen LogP contribution in [-0.2, 0) is 10.0 Å². The van der Waals surface area contributed by atoms with Gasteiger partial charge in [0.1, 0.15) is 0 Å². The van der Waals surface area contributed by atoms with Gasteiger partial charge in [0.2, 0.25) is 10.0 Å². The average molecular weight is 326 g/mol. The molecular formula is C15H22N2O4S. The molecule has 1 aromatic heterocycles. The van der Waals surface area contributed by atoms with E-state index in [2.05, 4.69) is 0 Å². The summed E-state index contributed by atoms with van der Waals surface area (Å²) in [7, 11) is -3.25. The Hall–Kier alpha value is -1.34. The van der Waals surface area contributed by atoms with Crippen LogP contribution < -0.4 is 0 Å². The first-order valence-corrected chi connectivity index (χ1v) is 9.49. The second-order valence-electron chi connectivity index (χ2n) is 6.43. The fraction of sp³-hybridized carbons (Fsp3) is 0.667. The molecule has 2 aliphatic heterocycles. The van der Waals surface area contributed by atoms with Gasteiger partial charge in [-0.05, 0) is 38.7 Å². The zero-order valence-electron chi connectivity index (χ0n) is 13.0. The van der Waals surface area contributed by atoms with Gasteiger partial charge >= 0.3 is 0 Å². The van der Waals surface area contributed by atoms with Crippen molar-refractivity contribution >= 4 is 15.9 Å². The number of carbonyl (C=O) groups is 1. The van der Waals surface area contributed by atoms with Gasteiger partial charge in [-0.15, -0.1) is 0 Å². The highest BCUT2D eigenvalue weighted by molar-refractivity contribution is 7.88. The summed E-state index contributed by atoms with van der Waals surface area (Å²) >= 11 is 0. The van der Waals surface area contributed by atoms with Crippen LogP contribution in [0.1, 0.15) is 41.8 Å². The molecule has 22 heavy (non-hydrogen) atoms. The minimum atomic E-state index is -3.25. The Morgan fingerprint density at radius 1 is 1.27 bits per heavy atom. The van der Waals surface area contributed by atoms with E-state index < -0.39 is 15.6 Å². The minimum absolute atomic E-state index is 0.137. The molecule has 6 nitrogen and oxygen atoms in total. The van der Waals surface area contributed by atoms with Crippen LogP contribution in [0.2, 0.25) is 0 Å². The summed E-state index contributed by atoms with van der Waals surface area (Å²) in [6, 6.07) is 1.77. The number of piperidine rings is 1. The average Bonchev–Trinajstić information content (AvgIpc) is 3.04. The third-order valence-electron chi connectivity index (χ3n) is 4.83. The Kier molecular flexibility index (Phi) is 3.81. The topological polar surface area (TPSA) is 70.8 Å². The van der Waals surface area contributed by atoms with Gasteiger partial charge in [-0.3, -0.25) is 4.79 Å². The van der Waals surface area contributed by atoms with Gasteiger partial charge in [0.25, 0.3) is 5.91 Å². The molecule has 0 bridgehead atoms. The molecule has 7 heteroatoms. The van der Waals surface area contributed by atoms with Gasteiger partial charge in [-0.1, -0.05) is 0 Å². The highest BCUT2D eigenvalue weighted by Gasteiger charge is 2.48. The zero-order valence-corrected chi connectivity index (χ0v) is 13.9. The van der Waals surface area contributed by atoms with Crippen LogP contribution in [0.5, 0.6) is 0 Å². The number of hydrogen-bond donors (Lipinski definition) is 0. The third-order valence-corrected chi connectivity index (χ3v) is 6.20. The first kappa shape index (κ1) is 15.6. The van der Waals surface area contributed by atoms with Gasteiger partial charge in [0.05, 0.1) is 18.1 Å². The van der Waals surface area contributed by atoms with Crippen molar-refractivity contribution < 1.29 is 17.6 Å². The van der Waals surface area contributed by atoms with Crippen molar-refractivity contribution in [1.82, 2.24) is 9.21 Å². The van der Waals surface area contributed by atoms with Crippen LogP contribution in [0.4, 0.5) is 0 Å². The fourth-order valence-corrected chi connectivity index (χ4v) is 5.26. The zero-order chi connectivity index (χ0) is 16.0.